The molecule has 0 heterocycles. The molecule has 1 N–H and O–H groups in total. The number of hydrazine groups is 1. The molecule has 2 rings (SSSR count). The van der Waals surface area contributed by atoms with Crippen LogP contribution in [0.5, 0.6) is 0 Å². The molecule has 0 aromatic heterocycles. The van der Waals surface area contributed by atoms with Gasteiger partial charge in [0.05, 0.1) is 11.4 Å². The summed E-state index contributed by atoms with van der Waals surface area (Å²) in [5.41, 5.74) is 5.75. The van der Waals surface area contributed by atoms with Gasteiger partial charge in [0, 0.05) is 6.54 Å². The van der Waals surface area contributed by atoms with Gasteiger partial charge < -0.3 is 0 Å². The van der Waals surface area contributed by atoms with Crippen molar-refractivity contribution in [3.63, 3.8) is 0 Å². The fourth-order valence-corrected chi connectivity index (χ4v) is 1.71. The molecular formula is C15H18N2. The minimum atomic E-state index is 0.962. The maximum atomic E-state index is 3.44. The van der Waals surface area contributed by atoms with Crippen LogP contribution in [-0.4, -0.2) is 6.54 Å². The summed E-state index contributed by atoms with van der Waals surface area (Å²) in [4.78, 5) is 0. The van der Waals surface area contributed by atoms with Crippen LogP contribution >= 0.6 is 0 Å². The number of nitrogens with zero attached hydrogens (tertiary/aromatic N) is 1. The summed E-state index contributed by atoms with van der Waals surface area (Å²) < 4.78 is 0. The van der Waals surface area contributed by atoms with Crippen LogP contribution in [0.4, 0.5) is 11.4 Å². The van der Waals surface area contributed by atoms with Gasteiger partial charge in [-0.15, -0.1) is 0 Å². The molecule has 2 heteroatoms. The van der Waals surface area contributed by atoms with Crippen LogP contribution in [0.1, 0.15) is 13.3 Å². The van der Waals surface area contributed by atoms with Crippen molar-refractivity contribution >= 4 is 11.4 Å². The number of hydrogen-bond acceptors (Lipinski definition) is 2. The Bertz CT molecular complexity index is 386. The van der Waals surface area contributed by atoms with E-state index in [9.17, 15) is 0 Å². The van der Waals surface area contributed by atoms with Crippen molar-refractivity contribution in [1.29, 1.82) is 0 Å². The van der Waals surface area contributed by atoms with Gasteiger partial charge in [0.25, 0.3) is 0 Å². The number of rotatable bonds is 5. The molecule has 0 aliphatic rings. The van der Waals surface area contributed by atoms with Gasteiger partial charge in [-0.3, -0.25) is 5.01 Å². The van der Waals surface area contributed by atoms with E-state index in [0.29, 0.717) is 0 Å². The lowest BCUT2D eigenvalue weighted by molar-refractivity contribution is 0.687. The minimum Gasteiger partial charge on any atom is -0.277 e. The molecule has 0 saturated carbocycles. The standard InChI is InChI=1S/C15H18N2/c1-2-13-16-17(14-9-5-3-6-10-14)15-11-7-4-8-12-15/h3-12,16H,2,13H2,1H3. The zero-order valence-electron chi connectivity index (χ0n) is 10.1. The molecule has 0 spiro atoms. The molecule has 2 aromatic carbocycles. The molecular weight excluding hydrogens is 208 g/mol. The SMILES string of the molecule is CCCNN(c1ccccc1)c1ccccc1. The average Bonchev–Trinajstić information content (AvgIpc) is 2.42. The van der Waals surface area contributed by atoms with E-state index in [1.165, 1.54) is 0 Å². The third kappa shape index (κ3) is 3.08. The van der Waals surface area contributed by atoms with Crippen LogP contribution < -0.4 is 10.4 Å². The zero-order chi connectivity index (χ0) is 11.9. The monoisotopic (exact) mass is 226 g/mol. The maximum absolute atomic E-state index is 3.44. The first-order chi connectivity index (χ1) is 8.42. The molecule has 0 aliphatic heterocycles. The van der Waals surface area contributed by atoms with Crippen LogP contribution in [0.15, 0.2) is 60.7 Å². The van der Waals surface area contributed by atoms with Gasteiger partial charge in [-0.25, -0.2) is 5.43 Å². The lowest BCUT2D eigenvalue weighted by Gasteiger charge is -2.25. The Labute approximate surface area is 103 Å². The predicted molar refractivity (Wildman–Crippen MR) is 73.3 cm³/mol. The van der Waals surface area contributed by atoms with E-state index >= 15 is 0 Å². The highest BCUT2D eigenvalue weighted by Gasteiger charge is 2.06. The van der Waals surface area contributed by atoms with Crippen LogP contribution in [0.2, 0.25) is 0 Å². The Kier molecular flexibility index (Phi) is 4.17. The minimum absolute atomic E-state index is 0.962. The van der Waals surface area contributed by atoms with E-state index in [1.807, 2.05) is 12.1 Å². The van der Waals surface area contributed by atoms with E-state index in [0.717, 1.165) is 24.3 Å². The summed E-state index contributed by atoms with van der Waals surface area (Å²) in [6.45, 7) is 3.13. The first-order valence-electron chi connectivity index (χ1n) is 6.05. The highest BCUT2D eigenvalue weighted by Crippen LogP contribution is 2.22. The maximum Gasteiger partial charge on any atom is 0.0577 e. The molecule has 0 amide bonds. The average molecular weight is 226 g/mol. The lowest BCUT2D eigenvalue weighted by Crippen LogP contribution is -2.34. The fraction of sp³-hybridized carbons (Fsp3) is 0.200. The molecule has 0 bridgehead atoms. The van der Waals surface area contributed by atoms with Crippen LogP contribution in [-0.2, 0) is 0 Å². The smallest absolute Gasteiger partial charge is 0.0577 e. The largest absolute Gasteiger partial charge is 0.277 e. The quantitative estimate of drug-likeness (QED) is 0.781. The normalized spacial score (nSPS) is 10.2. The van der Waals surface area contributed by atoms with Crippen molar-refractivity contribution in [3.05, 3.63) is 60.7 Å². The second-order valence-corrected chi connectivity index (χ2v) is 3.91. The molecule has 2 aromatic rings. The first kappa shape index (κ1) is 11.7. The summed E-state index contributed by atoms with van der Waals surface area (Å²) in [5.74, 6) is 0. The second-order valence-electron chi connectivity index (χ2n) is 3.91. The highest BCUT2D eigenvalue weighted by molar-refractivity contribution is 5.61. The van der Waals surface area contributed by atoms with E-state index in [2.05, 4.69) is 65.9 Å². The molecule has 0 fully saturated rings. The Morgan fingerprint density at radius 2 is 1.29 bits per heavy atom. The lowest BCUT2D eigenvalue weighted by atomic mass is 10.2. The molecule has 0 unspecified atom stereocenters. The van der Waals surface area contributed by atoms with Crippen molar-refractivity contribution in [3.8, 4) is 0 Å². The van der Waals surface area contributed by atoms with Gasteiger partial charge in [0.2, 0.25) is 0 Å². The fourth-order valence-electron chi connectivity index (χ4n) is 1.71. The number of hydrogen-bond donors (Lipinski definition) is 1. The molecule has 88 valence electrons. The van der Waals surface area contributed by atoms with Gasteiger partial charge in [0.15, 0.2) is 0 Å². The van der Waals surface area contributed by atoms with Crippen LogP contribution in [0.3, 0.4) is 0 Å². The zero-order valence-corrected chi connectivity index (χ0v) is 10.1. The van der Waals surface area contributed by atoms with E-state index in [-0.39, 0.29) is 0 Å². The summed E-state index contributed by atoms with van der Waals surface area (Å²) in [6.07, 6.45) is 1.11. The topological polar surface area (TPSA) is 15.3 Å². The van der Waals surface area contributed by atoms with Gasteiger partial charge in [0.1, 0.15) is 0 Å². The number of benzene rings is 2. The van der Waals surface area contributed by atoms with Crippen molar-refractivity contribution < 1.29 is 0 Å². The van der Waals surface area contributed by atoms with E-state index < -0.39 is 0 Å². The third-order valence-corrected chi connectivity index (χ3v) is 2.55. The Balaban J connectivity index is 2.26. The molecule has 2 nitrogen and oxygen atoms in total. The summed E-state index contributed by atoms with van der Waals surface area (Å²) in [5, 5.41) is 2.13. The van der Waals surface area contributed by atoms with Crippen molar-refractivity contribution in [2.45, 2.75) is 13.3 Å². The van der Waals surface area contributed by atoms with Gasteiger partial charge >= 0.3 is 0 Å². The van der Waals surface area contributed by atoms with Crippen molar-refractivity contribution in [2.75, 3.05) is 11.6 Å². The Hall–Kier alpha value is -1.80. The second kappa shape index (κ2) is 6.06. The van der Waals surface area contributed by atoms with Crippen LogP contribution in [0, 0.1) is 0 Å². The molecule has 0 atom stereocenters. The Morgan fingerprint density at radius 3 is 1.71 bits per heavy atom. The first-order valence-corrected chi connectivity index (χ1v) is 6.05. The molecule has 0 radical (unpaired) electrons. The number of anilines is 2. The van der Waals surface area contributed by atoms with Crippen molar-refractivity contribution in [2.24, 2.45) is 0 Å². The summed E-state index contributed by atoms with van der Waals surface area (Å²) in [7, 11) is 0. The third-order valence-electron chi connectivity index (χ3n) is 2.55. The molecule has 0 aliphatic carbocycles. The van der Waals surface area contributed by atoms with Crippen molar-refractivity contribution in [1.82, 2.24) is 5.43 Å². The van der Waals surface area contributed by atoms with Gasteiger partial charge in [-0.05, 0) is 30.7 Å². The van der Waals surface area contributed by atoms with Crippen LogP contribution in [0.25, 0.3) is 0 Å². The highest BCUT2D eigenvalue weighted by atomic mass is 15.5. The van der Waals surface area contributed by atoms with E-state index in [4.69, 9.17) is 0 Å². The Morgan fingerprint density at radius 1 is 0.824 bits per heavy atom. The van der Waals surface area contributed by atoms with E-state index in [1.54, 1.807) is 0 Å². The number of nitrogens with one attached hydrogen (secondary N) is 1. The van der Waals surface area contributed by atoms with Gasteiger partial charge in [-0.1, -0.05) is 43.3 Å². The summed E-state index contributed by atoms with van der Waals surface area (Å²) in [6, 6.07) is 20.7. The summed E-state index contributed by atoms with van der Waals surface area (Å²) >= 11 is 0. The number of para-hydroxylation sites is 2. The predicted octanol–water partition coefficient (Wildman–Crippen LogP) is 3.74. The molecule has 0 saturated heterocycles. The molecule has 17 heavy (non-hydrogen) atoms. The van der Waals surface area contributed by atoms with Gasteiger partial charge in [-0.2, -0.15) is 0 Å².